The molecule has 0 bridgehead atoms. The summed E-state index contributed by atoms with van der Waals surface area (Å²) in [5.74, 6) is 0.608. The van der Waals surface area contributed by atoms with Crippen molar-refractivity contribution in [3.63, 3.8) is 0 Å². The molecule has 0 aromatic rings. The van der Waals surface area contributed by atoms with Crippen molar-refractivity contribution in [3.8, 4) is 0 Å². The number of nitrogens with two attached hydrogens (primary N) is 1. The molecule has 0 heterocycles. The van der Waals surface area contributed by atoms with Crippen LogP contribution in [0.15, 0.2) is 0 Å². The molecule has 0 fully saturated rings. The molecule has 0 aliphatic rings. The molecule has 0 spiro atoms. The third kappa shape index (κ3) is 6.58. The van der Waals surface area contributed by atoms with Gasteiger partial charge in [0.05, 0.1) is 0 Å². The van der Waals surface area contributed by atoms with Gasteiger partial charge in [-0.3, -0.25) is 0 Å². The van der Waals surface area contributed by atoms with E-state index in [-0.39, 0.29) is 0 Å². The summed E-state index contributed by atoms with van der Waals surface area (Å²) >= 11 is 0. The first-order valence-corrected chi connectivity index (χ1v) is 4.59. The van der Waals surface area contributed by atoms with Gasteiger partial charge < -0.3 is 15.5 Å². The highest BCUT2D eigenvalue weighted by atomic mass is 15.1. The van der Waals surface area contributed by atoms with Gasteiger partial charge in [-0.1, -0.05) is 6.92 Å². The molecule has 0 amide bonds. The van der Waals surface area contributed by atoms with Crippen LogP contribution in [-0.4, -0.2) is 57.1 Å². The van der Waals surface area contributed by atoms with Crippen LogP contribution in [0.5, 0.6) is 0 Å². The second-order valence-electron chi connectivity index (χ2n) is 3.91. The number of hydrogen-bond acceptors (Lipinski definition) is 3. The van der Waals surface area contributed by atoms with E-state index in [1.54, 1.807) is 0 Å². The Morgan fingerprint density at radius 2 is 1.75 bits per heavy atom. The minimum Gasteiger partial charge on any atom is -0.330 e. The fourth-order valence-electron chi connectivity index (χ4n) is 1.07. The van der Waals surface area contributed by atoms with Crippen molar-refractivity contribution in [1.29, 1.82) is 0 Å². The van der Waals surface area contributed by atoms with E-state index in [9.17, 15) is 0 Å². The highest BCUT2D eigenvalue weighted by molar-refractivity contribution is 4.60. The van der Waals surface area contributed by atoms with Crippen LogP contribution in [0.3, 0.4) is 0 Å². The van der Waals surface area contributed by atoms with E-state index in [0.717, 1.165) is 26.2 Å². The molecule has 0 aliphatic heterocycles. The van der Waals surface area contributed by atoms with Crippen molar-refractivity contribution in [3.05, 3.63) is 0 Å². The van der Waals surface area contributed by atoms with E-state index < -0.39 is 0 Å². The predicted molar refractivity (Wildman–Crippen MR) is 54.3 cm³/mol. The molecule has 0 aromatic heterocycles. The van der Waals surface area contributed by atoms with Gasteiger partial charge in [0.15, 0.2) is 0 Å². The van der Waals surface area contributed by atoms with Gasteiger partial charge >= 0.3 is 0 Å². The lowest BCUT2D eigenvalue weighted by Gasteiger charge is -2.21. The van der Waals surface area contributed by atoms with E-state index >= 15 is 0 Å². The van der Waals surface area contributed by atoms with Gasteiger partial charge in [0.1, 0.15) is 0 Å². The summed E-state index contributed by atoms with van der Waals surface area (Å²) in [6.45, 7) is 6.31. The molecule has 1 unspecified atom stereocenters. The first-order chi connectivity index (χ1) is 5.56. The third-order valence-corrected chi connectivity index (χ3v) is 1.95. The Morgan fingerprint density at radius 3 is 2.17 bits per heavy atom. The first kappa shape index (κ1) is 11.9. The maximum absolute atomic E-state index is 5.54. The topological polar surface area (TPSA) is 32.5 Å². The van der Waals surface area contributed by atoms with E-state index in [4.69, 9.17) is 5.73 Å². The van der Waals surface area contributed by atoms with Gasteiger partial charge in [0.2, 0.25) is 0 Å². The fraction of sp³-hybridized carbons (Fsp3) is 1.00. The summed E-state index contributed by atoms with van der Waals surface area (Å²) < 4.78 is 0. The van der Waals surface area contributed by atoms with Crippen molar-refractivity contribution in [1.82, 2.24) is 9.80 Å². The Morgan fingerprint density at radius 1 is 1.17 bits per heavy atom. The number of likely N-dealkylation sites (N-methyl/N-ethyl adjacent to an activating group) is 2. The molecule has 0 rings (SSSR count). The molecule has 1 atom stereocenters. The molecular weight excluding hydrogens is 150 g/mol. The number of hydrogen-bond donors (Lipinski definition) is 1. The zero-order valence-corrected chi connectivity index (χ0v) is 8.88. The Balaban J connectivity index is 3.39. The molecule has 3 nitrogen and oxygen atoms in total. The number of rotatable bonds is 6. The summed E-state index contributed by atoms with van der Waals surface area (Å²) in [7, 11) is 6.34. The van der Waals surface area contributed by atoms with Crippen LogP contribution in [0, 0.1) is 5.92 Å². The SMILES string of the molecule is CC(CN)CN(C)CCN(C)C. The van der Waals surface area contributed by atoms with Gasteiger partial charge in [-0.15, -0.1) is 0 Å². The van der Waals surface area contributed by atoms with Gasteiger partial charge in [-0.05, 0) is 33.6 Å². The van der Waals surface area contributed by atoms with E-state index in [0.29, 0.717) is 5.92 Å². The molecule has 0 radical (unpaired) electrons. The average molecular weight is 173 g/mol. The first-order valence-electron chi connectivity index (χ1n) is 4.59. The van der Waals surface area contributed by atoms with Crippen molar-refractivity contribution < 1.29 is 0 Å². The van der Waals surface area contributed by atoms with Crippen LogP contribution in [0.4, 0.5) is 0 Å². The molecule has 3 heteroatoms. The zero-order chi connectivity index (χ0) is 9.56. The highest BCUT2D eigenvalue weighted by Crippen LogP contribution is 1.94. The molecule has 0 saturated carbocycles. The molecule has 2 N–H and O–H groups in total. The van der Waals surface area contributed by atoms with Gasteiger partial charge in [0.25, 0.3) is 0 Å². The summed E-state index contributed by atoms with van der Waals surface area (Å²) in [5.41, 5.74) is 5.54. The summed E-state index contributed by atoms with van der Waals surface area (Å²) in [5, 5.41) is 0. The second kappa shape index (κ2) is 6.40. The van der Waals surface area contributed by atoms with Crippen LogP contribution < -0.4 is 5.73 Å². The van der Waals surface area contributed by atoms with E-state index in [2.05, 4.69) is 37.9 Å². The molecule has 0 aliphatic carbocycles. The molecule has 74 valence electrons. The lowest BCUT2D eigenvalue weighted by atomic mass is 10.2. The molecular formula is C9H23N3. The maximum atomic E-state index is 5.54. The fourth-order valence-corrected chi connectivity index (χ4v) is 1.07. The quantitative estimate of drug-likeness (QED) is 0.617. The van der Waals surface area contributed by atoms with Crippen molar-refractivity contribution in [2.45, 2.75) is 6.92 Å². The zero-order valence-electron chi connectivity index (χ0n) is 8.88. The van der Waals surface area contributed by atoms with Crippen molar-refractivity contribution in [2.75, 3.05) is 47.3 Å². The minimum absolute atomic E-state index is 0.608. The normalized spacial score (nSPS) is 14.2. The lowest BCUT2D eigenvalue weighted by Crippen LogP contribution is -2.33. The molecule has 12 heavy (non-hydrogen) atoms. The Labute approximate surface area is 76.5 Å². The van der Waals surface area contributed by atoms with E-state index in [1.165, 1.54) is 0 Å². The van der Waals surface area contributed by atoms with Crippen molar-refractivity contribution in [2.24, 2.45) is 11.7 Å². The van der Waals surface area contributed by atoms with E-state index in [1.807, 2.05) is 0 Å². The monoisotopic (exact) mass is 173 g/mol. The summed E-state index contributed by atoms with van der Waals surface area (Å²) in [4.78, 5) is 4.53. The van der Waals surface area contributed by atoms with Gasteiger partial charge in [0, 0.05) is 19.6 Å². The Hall–Kier alpha value is -0.120. The summed E-state index contributed by atoms with van der Waals surface area (Å²) in [6.07, 6.45) is 0. The third-order valence-electron chi connectivity index (χ3n) is 1.95. The molecule has 0 aromatic carbocycles. The lowest BCUT2D eigenvalue weighted by molar-refractivity contribution is 0.254. The average Bonchev–Trinajstić information content (AvgIpc) is 2.00. The van der Waals surface area contributed by atoms with Crippen molar-refractivity contribution >= 4 is 0 Å². The number of nitrogens with zero attached hydrogens (tertiary/aromatic N) is 2. The van der Waals surface area contributed by atoms with Crippen LogP contribution in [0.25, 0.3) is 0 Å². The second-order valence-corrected chi connectivity index (χ2v) is 3.91. The van der Waals surface area contributed by atoms with Crippen LogP contribution >= 0.6 is 0 Å². The standard InChI is InChI=1S/C9H23N3/c1-9(7-10)8-12(4)6-5-11(2)3/h9H,5-8,10H2,1-4H3. The maximum Gasteiger partial charge on any atom is 0.0106 e. The highest BCUT2D eigenvalue weighted by Gasteiger charge is 2.03. The van der Waals surface area contributed by atoms with Crippen LogP contribution in [0.2, 0.25) is 0 Å². The Bertz CT molecular complexity index is 104. The van der Waals surface area contributed by atoms with Gasteiger partial charge in [-0.2, -0.15) is 0 Å². The summed E-state index contributed by atoms with van der Waals surface area (Å²) in [6, 6.07) is 0. The molecule has 0 saturated heterocycles. The van der Waals surface area contributed by atoms with Crippen LogP contribution in [-0.2, 0) is 0 Å². The predicted octanol–water partition coefficient (Wildman–Crippen LogP) is 0.0746. The van der Waals surface area contributed by atoms with Crippen LogP contribution in [0.1, 0.15) is 6.92 Å². The smallest absolute Gasteiger partial charge is 0.0106 e. The Kier molecular flexibility index (Phi) is 6.34. The van der Waals surface area contributed by atoms with Gasteiger partial charge in [-0.25, -0.2) is 0 Å². The minimum atomic E-state index is 0.608. The largest absolute Gasteiger partial charge is 0.330 e.